The Morgan fingerprint density at radius 3 is 2.53 bits per heavy atom. The molecule has 0 bridgehead atoms. The summed E-state index contributed by atoms with van der Waals surface area (Å²) in [5.41, 5.74) is 0. The van der Waals surface area contributed by atoms with Crippen molar-refractivity contribution in [2.45, 2.75) is 38.2 Å². The smallest absolute Gasteiger partial charge is 0.317 e. The van der Waals surface area contributed by atoms with Crippen LogP contribution in [0.15, 0.2) is 0 Å². The average molecular weight is 212 g/mol. The maximum Gasteiger partial charge on any atom is 0.317 e. The first-order chi connectivity index (χ1) is 7.25. The van der Waals surface area contributed by atoms with E-state index < -0.39 is 0 Å². The normalized spacial score (nSPS) is 30.9. The molecule has 0 unspecified atom stereocenters. The molecule has 4 nitrogen and oxygen atoms in total. The van der Waals surface area contributed by atoms with E-state index in [0.29, 0.717) is 5.92 Å². The molecule has 2 N–H and O–H groups in total. The summed E-state index contributed by atoms with van der Waals surface area (Å²) in [6.07, 6.45) is 5.09. The van der Waals surface area contributed by atoms with E-state index >= 15 is 0 Å². The number of nitrogens with zero attached hydrogens (tertiary/aromatic N) is 1. The number of amides is 2. The molecule has 2 aliphatic rings. The molecule has 0 radical (unpaired) electrons. The van der Waals surface area contributed by atoms with Gasteiger partial charge in [0.05, 0.1) is 6.10 Å². The van der Waals surface area contributed by atoms with Crippen molar-refractivity contribution in [2.75, 3.05) is 19.6 Å². The molecule has 86 valence electrons. The van der Waals surface area contributed by atoms with Crippen LogP contribution in [0.3, 0.4) is 0 Å². The first-order valence-electron chi connectivity index (χ1n) is 5.96. The van der Waals surface area contributed by atoms with Gasteiger partial charge in [0.25, 0.3) is 0 Å². The summed E-state index contributed by atoms with van der Waals surface area (Å²) in [5, 5.41) is 12.1. The highest BCUT2D eigenvalue weighted by Crippen LogP contribution is 2.26. The van der Waals surface area contributed by atoms with Crippen LogP contribution in [0.4, 0.5) is 4.79 Å². The highest BCUT2D eigenvalue weighted by atomic mass is 16.3. The molecule has 0 atom stereocenters. The maximum absolute atomic E-state index is 11.7. The van der Waals surface area contributed by atoms with E-state index in [4.69, 9.17) is 5.11 Å². The lowest BCUT2D eigenvalue weighted by molar-refractivity contribution is 0.0433. The summed E-state index contributed by atoms with van der Waals surface area (Å²) in [5.74, 6) is 0.494. The molecule has 2 fully saturated rings. The average Bonchev–Trinajstić information content (AvgIpc) is 2.23. The standard InChI is InChI=1S/C11H20N2O2/c14-10-6-9(7-10)8-12-11(15)13-4-2-1-3-5-13/h9-10,14H,1-8H2,(H,12,15). The Bertz CT molecular complexity index is 221. The van der Waals surface area contributed by atoms with E-state index in [-0.39, 0.29) is 12.1 Å². The summed E-state index contributed by atoms with van der Waals surface area (Å²) in [7, 11) is 0. The van der Waals surface area contributed by atoms with Gasteiger partial charge >= 0.3 is 6.03 Å². The van der Waals surface area contributed by atoms with Crippen molar-refractivity contribution >= 4 is 6.03 Å². The lowest BCUT2D eigenvalue weighted by atomic mass is 9.82. The van der Waals surface area contributed by atoms with Crippen molar-refractivity contribution in [3.63, 3.8) is 0 Å². The van der Waals surface area contributed by atoms with Crippen LogP contribution < -0.4 is 5.32 Å². The van der Waals surface area contributed by atoms with Crippen LogP contribution in [0.25, 0.3) is 0 Å². The number of aliphatic hydroxyl groups is 1. The number of rotatable bonds is 2. The van der Waals surface area contributed by atoms with Gasteiger partial charge in [0.15, 0.2) is 0 Å². The molecule has 1 aliphatic heterocycles. The second kappa shape index (κ2) is 4.84. The van der Waals surface area contributed by atoms with Gasteiger partial charge in [-0.2, -0.15) is 0 Å². The van der Waals surface area contributed by atoms with Crippen LogP contribution in [-0.2, 0) is 0 Å². The first kappa shape index (κ1) is 10.7. The van der Waals surface area contributed by atoms with Gasteiger partial charge in [-0.25, -0.2) is 4.79 Å². The molecular weight excluding hydrogens is 192 g/mol. The minimum atomic E-state index is -0.123. The van der Waals surface area contributed by atoms with Gasteiger partial charge in [0, 0.05) is 19.6 Å². The molecule has 4 heteroatoms. The molecule has 2 amide bonds. The van der Waals surface area contributed by atoms with Crippen molar-refractivity contribution in [1.82, 2.24) is 10.2 Å². The fourth-order valence-corrected chi connectivity index (χ4v) is 2.31. The Morgan fingerprint density at radius 2 is 1.93 bits per heavy atom. The second-order valence-electron chi connectivity index (χ2n) is 4.73. The van der Waals surface area contributed by atoms with Crippen LogP contribution in [-0.4, -0.2) is 41.8 Å². The number of piperidine rings is 1. The Hall–Kier alpha value is -0.770. The number of aliphatic hydroxyl groups excluding tert-OH is 1. The third-order valence-corrected chi connectivity index (χ3v) is 3.40. The molecule has 0 spiro atoms. The van der Waals surface area contributed by atoms with E-state index in [1.54, 1.807) is 0 Å². The lowest BCUT2D eigenvalue weighted by Crippen LogP contribution is -2.46. The Kier molecular flexibility index (Phi) is 3.46. The van der Waals surface area contributed by atoms with Crippen molar-refractivity contribution in [3.8, 4) is 0 Å². The van der Waals surface area contributed by atoms with Gasteiger partial charge in [0.1, 0.15) is 0 Å². The van der Waals surface area contributed by atoms with Gasteiger partial charge < -0.3 is 15.3 Å². The molecule has 0 aromatic rings. The summed E-state index contributed by atoms with van der Waals surface area (Å²) in [6.45, 7) is 2.53. The summed E-state index contributed by atoms with van der Waals surface area (Å²) in [4.78, 5) is 13.6. The largest absolute Gasteiger partial charge is 0.393 e. The number of hydrogen-bond acceptors (Lipinski definition) is 2. The molecule has 1 heterocycles. The predicted molar refractivity (Wildman–Crippen MR) is 57.6 cm³/mol. The fourth-order valence-electron chi connectivity index (χ4n) is 2.31. The zero-order valence-corrected chi connectivity index (χ0v) is 9.11. The number of carbonyl (C=O) groups is 1. The highest BCUT2D eigenvalue weighted by molar-refractivity contribution is 5.74. The fraction of sp³-hybridized carbons (Fsp3) is 0.909. The number of carbonyl (C=O) groups excluding carboxylic acids is 1. The summed E-state index contributed by atoms with van der Waals surface area (Å²) < 4.78 is 0. The second-order valence-corrected chi connectivity index (χ2v) is 4.73. The third-order valence-electron chi connectivity index (χ3n) is 3.40. The molecule has 0 aromatic carbocycles. The van der Waals surface area contributed by atoms with Gasteiger partial charge in [-0.05, 0) is 38.0 Å². The van der Waals surface area contributed by atoms with Crippen LogP contribution in [0.5, 0.6) is 0 Å². The quantitative estimate of drug-likeness (QED) is 0.716. The summed E-state index contributed by atoms with van der Waals surface area (Å²) in [6, 6.07) is 0.0797. The number of likely N-dealkylation sites (tertiary alicyclic amines) is 1. The number of nitrogens with one attached hydrogen (secondary N) is 1. The van der Waals surface area contributed by atoms with E-state index in [1.807, 2.05) is 4.90 Å². The highest BCUT2D eigenvalue weighted by Gasteiger charge is 2.27. The zero-order valence-electron chi connectivity index (χ0n) is 9.11. The topological polar surface area (TPSA) is 52.6 Å². The van der Waals surface area contributed by atoms with Crippen molar-refractivity contribution in [2.24, 2.45) is 5.92 Å². The minimum absolute atomic E-state index is 0.0797. The van der Waals surface area contributed by atoms with Crippen molar-refractivity contribution < 1.29 is 9.90 Å². The number of hydrogen-bond donors (Lipinski definition) is 2. The van der Waals surface area contributed by atoms with Gasteiger partial charge in [-0.1, -0.05) is 0 Å². The Balaban J connectivity index is 1.63. The van der Waals surface area contributed by atoms with Crippen molar-refractivity contribution in [3.05, 3.63) is 0 Å². The van der Waals surface area contributed by atoms with Crippen molar-refractivity contribution in [1.29, 1.82) is 0 Å². The lowest BCUT2D eigenvalue weighted by Gasteiger charge is -2.33. The van der Waals surface area contributed by atoms with E-state index in [9.17, 15) is 4.79 Å². The molecule has 2 rings (SSSR count). The van der Waals surface area contributed by atoms with Crippen LogP contribution in [0, 0.1) is 5.92 Å². The van der Waals surface area contributed by atoms with Crippen LogP contribution in [0.2, 0.25) is 0 Å². The third kappa shape index (κ3) is 2.84. The molecule has 0 aromatic heterocycles. The first-order valence-corrected chi connectivity index (χ1v) is 5.96. The van der Waals surface area contributed by atoms with Crippen LogP contribution >= 0.6 is 0 Å². The van der Waals surface area contributed by atoms with Gasteiger partial charge in [-0.3, -0.25) is 0 Å². The van der Waals surface area contributed by atoms with E-state index in [0.717, 1.165) is 45.3 Å². The van der Waals surface area contributed by atoms with Gasteiger partial charge in [-0.15, -0.1) is 0 Å². The minimum Gasteiger partial charge on any atom is -0.393 e. The Morgan fingerprint density at radius 1 is 1.27 bits per heavy atom. The Labute approximate surface area is 90.6 Å². The van der Waals surface area contributed by atoms with E-state index in [1.165, 1.54) is 6.42 Å². The van der Waals surface area contributed by atoms with Gasteiger partial charge in [0.2, 0.25) is 0 Å². The van der Waals surface area contributed by atoms with E-state index in [2.05, 4.69) is 5.32 Å². The predicted octanol–water partition coefficient (Wildman–Crippen LogP) is 0.953. The molecule has 1 saturated carbocycles. The SMILES string of the molecule is O=C(NCC1CC(O)C1)N1CCCCC1. The molecule has 1 saturated heterocycles. The zero-order chi connectivity index (χ0) is 10.7. The summed E-state index contributed by atoms with van der Waals surface area (Å²) >= 11 is 0. The monoisotopic (exact) mass is 212 g/mol. The van der Waals surface area contributed by atoms with Crippen LogP contribution in [0.1, 0.15) is 32.1 Å². The molecule has 1 aliphatic carbocycles. The maximum atomic E-state index is 11.7. The molecule has 15 heavy (non-hydrogen) atoms. The molecular formula is C11H20N2O2. The number of urea groups is 1.